The van der Waals surface area contributed by atoms with Crippen molar-refractivity contribution < 1.29 is 13.9 Å². The van der Waals surface area contributed by atoms with Crippen LogP contribution in [0.2, 0.25) is 0 Å². The van der Waals surface area contributed by atoms with Gasteiger partial charge in [-0.2, -0.15) is 10.1 Å². The SMILES string of the molecule is OCC1C[C@@H]2CC(Nc3nc(NCc4cccnc4-n4cccn4)c4cc(F)cc(F)c4n3)[C@@H]2C1. The van der Waals surface area contributed by atoms with Gasteiger partial charge in [0.25, 0.3) is 0 Å². The van der Waals surface area contributed by atoms with Crippen molar-refractivity contribution in [3.63, 3.8) is 0 Å². The number of aliphatic hydroxyl groups is 1. The van der Waals surface area contributed by atoms with E-state index < -0.39 is 11.6 Å². The molecular weight excluding hydrogens is 452 g/mol. The van der Waals surface area contributed by atoms with E-state index in [2.05, 4.69) is 30.7 Å². The molecule has 0 aliphatic heterocycles. The van der Waals surface area contributed by atoms with Gasteiger partial charge in [-0.05, 0) is 55.2 Å². The van der Waals surface area contributed by atoms with Crippen LogP contribution in [0.5, 0.6) is 0 Å². The van der Waals surface area contributed by atoms with Crippen molar-refractivity contribution in [2.75, 3.05) is 17.2 Å². The number of halogens is 2. The lowest BCUT2D eigenvalue weighted by atomic mass is 9.71. The molecule has 0 spiro atoms. The van der Waals surface area contributed by atoms with Gasteiger partial charge in [-0.1, -0.05) is 6.07 Å². The van der Waals surface area contributed by atoms with E-state index in [4.69, 9.17) is 0 Å². The van der Waals surface area contributed by atoms with E-state index in [1.54, 1.807) is 23.3 Å². The molecule has 10 heteroatoms. The van der Waals surface area contributed by atoms with Crippen molar-refractivity contribution in [3.8, 4) is 5.82 Å². The van der Waals surface area contributed by atoms with Crippen LogP contribution in [-0.2, 0) is 6.54 Å². The maximum atomic E-state index is 14.7. The third-order valence-electron chi connectivity index (χ3n) is 7.25. The first kappa shape index (κ1) is 21.8. The number of benzene rings is 1. The number of aliphatic hydroxyl groups excluding tert-OH is 1. The zero-order valence-electron chi connectivity index (χ0n) is 18.9. The first-order valence-electron chi connectivity index (χ1n) is 11.8. The Hall–Kier alpha value is -3.66. The average molecular weight is 478 g/mol. The quantitative estimate of drug-likeness (QED) is 0.371. The van der Waals surface area contributed by atoms with Crippen molar-refractivity contribution in [1.82, 2.24) is 24.7 Å². The molecule has 6 rings (SSSR count). The van der Waals surface area contributed by atoms with Crippen molar-refractivity contribution in [1.29, 1.82) is 0 Å². The van der Waals surface area contributed by atoms with Gasteiger partial charge in [-0.3, -0.25) is 0 Å². The molecule has 4 atom stereocenters. The zero-order valence-corrected chi connectivity index (χ0v) is 18.9. The molecule has 0 amide bonds. The lowest BCUT2D eigenvalue weighted by Crippen LogP contribution is -2.43. The lowest BCUT2D eigenvalue weighted by Gasteiger charge is -2.40. The Morgan fingerprint density at radius 1 is 1.09 bits per heavy atom. The number of nitrogens with zero attached hydrogens (tertiary/aromatic N) is 5. The standard InChI is InChI=1S/C25H25F2N7O/c26-17-10-19-22(20(27)11-17)32-25(31-21-9-16-7-14(13-35)8-18(16)21)33-23(19)29-12-15-3-1-4-28-24(15)34-6-2-5-30-34/h1-6,10-11,14,16,18,21,35H,7-9,12-13H2,(H2,29,31,32,33)/t14?,16-,18-,21?/m1/s1. The molecule has 3 heterocycles. The number of rotatable bonds is 7. The maximum Gasteiger partial charge on any atom is 0.225 e. The molecule has 8 nitrogen and oxygen atoms in total. The van der Waals surface area contributed by atoms with Crippen molar-refractivity contribution >= 4 is 22.7 Å². The molecule has 0 bridgehead atoms. The topological polar surface area (TPSA) is 101 Å². The van der Waals surface area contributed by atoms with Gasteiger partial charge in [0.05, 0.1) is 0 Å². The van der Waals surface area contributed by atoms with Crippen LogP contribution in [0.15, 0.2) is 48.9 Å². The number of pyridine rings is 1. The summed E-state index contributed by atoms with van der Waals surface area (Å²) in [5.74, 6) is 1.26. The molecule has 3 N–H and O–H groups in total. The first-order valence-corrected chi connectivity index (χ1v) is 11.8. The fourth-order valence-corrected chi connectivity index (χ4v) is 5.53. The van der Waals surface area contributed by atoms with Gasteiger partial charge >= 0.3 is 0 Å². The number of hydrogen-bond acceptors (Lipinski definition) is 7. The van der Waals surface area contributed by atoms with Gasteiger partial charge < -0.3 is 15.7 Å². The van der Waals surface area contributed by atoms with Crippen LogP contribution in [0.25, 0.3) is 16.7 Å². The van der Waals surface area contributed by atoms with E-state index >= 15 is 0 Å². The minimum absolute atomic E-state index is 0.0559. The number of nitrogens with one attached hydrogen (secondary N) is 2. The van der Waals surface area contributed by atoms with E-state index in [-0.39, 0.29) is 23.6 Å². The smallest absolute Gasteiger partial charge is 0.225 e. The van der Waals surface area contributed by atoms with E-state index in [0.717, 1.165) is 30.9 Å². The largest absolute Gasteiger partial charge is 0.396 e. The normalized spacial score (nSPS) is 23.2. The predicted molar refractivity (Wildman–Crippen MR) is 127 cm³/mol. The molecule has 2 unspecified atom stereocenters. The summed E-state index contributed by atoms with van der Waals surface area (Å²) >= 11 is 0. The predicted octanol–water partition coefficient (Wildman–Crippen LogP) is 3.92. The molecule has 2 saturated carbocycles. The highest BCUT2D eigenvalue weighted by Gasteiger charge is 2.47. The van der Waals surface area contributed by atoms with Gasteiger partial charge in [-0.15, -0.1) is 0 Å². The second-order valence-corrected chi connectivity index (χ2v) is 9.40. The average Bonchev–Trinajstić information content (AvgIpc) is 3.50. The van der Waals surface area contributed by atoms with E-state index in [1.165, 1.54) is 6.07 Å². The molecule has 1 aromatic carbocycles. The summed E-state index contributed by atoms with van der Waals surface area (Å²) in [5, 5.41) is 20.6. The lowest BCUT2D eigenvalue weighted by molar-refractivity contribution is 0.188. The summed E-state index contributed by atoms with van der Waals surface area (Å²) in [5.41, 5.74) is 0.901. The Balaban J connectivity index is 1.30. The monoisotopic (exact) mass is 477 g/mol. The Labute approximate surface area is 200 Å². The van der Waals surface area contributed by atoms with E-state index in [9.17, 15) is 13.9 Å². The Kier molecular flexibility index (Phi) is 5.52. The minimum Gasteiger partial charge on any atom is -0.396 e. The Morgan fingerprint density at radius 3 is 2.83 bits per heavy atom. The molecule has 2 aliphatic carbocycles. The van der Waals surface area contributed by atoms with E-state index in [1.807, 2.05) is 18.2 Å². The number of hydrogen-bond donors (Lipinski definition) is 3. The summed E-state index contributed by atoms with van der Waals surface area (Å²) < 4.78 is 30.5. The highest BCUT2D eigenvalue weighted by molar-refractivity contribution is 5.90. The van der Waals surface area contributed by atoms with Gasteiger partial charge in [-0.25, -0.2) is 23.4 Å². The van der Waals surface area contributed by atoms with Crippen molar-refractivity contribution in [2.45, 2.75) is 31.8 Å². The summed E-state index contributed by atoms with van der Waals surface area (Å²) in [7, 11) is 0. The summed E-state index contributed by atoms with van der Waals surface area (Å²) in [4.78, 5) is 13.4. The molecule has 180 valence electrons. The zero-order chi connectivity index (χ0) is 23.9. The second-order valence-electron chi connectivity index (χ2n) is 9.40. The van der Waals surface area contributed by atoms with Gasteiger partial charge in [0.2, 0.25) is 5.95 Å². The van der Waals surface area contributed by atoms with Gasteiger partial charge in [0.1, 0.15) is 17.2 Å². The van der Waals surface area contributed by atoms with Crippen LogP contribution in [0.3, 0.4) is 0 Å². The molecule has 3 aromatic heterocycles. The molecule has 35 heavy (non-hydrogen) atoms. The molecular formula is C25H25F2N7O. The molecule has 2 fully saturated rings. The number of fused-ring (bicyclic) bond motifs is 2. The summed E-state index contributed by atoms with van der Waals surface area (Å²) in [6, 6.07) is 7.79. The van der Waals surface area contributed by atoms with Crippen LogP contribution in [0.1, 0.15) is 24.8 Å². The van der Waals surface area contributed by atoms with Crippen LogP contribution >= 0.6 is 0 Å². The third-order valence-corrected chi connectivity index (χ3v) is 7.25. The summed E-state index contributed by atoms with van der Waals surface area (Å²) in [6.45, 7) is 0.533. The molecule has 2 aliphatic rings. The van der Waals surface area contributed by atoms with Crippen molar-refractivity contribution in [3.05, 3.63) is 66.1 Å². The fourth-order valence-electron chi connectivity index (χ4n) is 5.53. The van der Waals surface area contributed by atoms with Crippen LogP contribution in [0, 0.1) is 29.4 Å². The van der Waals surface area contributed by atoms with Gasteiger partial charge in [0.15, 0.2) is 11.6 Å². The van der Waals surface area contributed by atoms with Gasteiger partial charge in [0, 0.05) is 54.8 Å². The second kappa shape index (κ2) is 8.84. The number of anilines is 2. The maximum absolute atomic E-state index is 14.7. The van der Waals surface area contributed by atoms with Crippen LogP contribution in [-0.4, -0.2) is 42.5 Å². The van der Waals surface area contributed by atoms with Crippen molar-refractivity contribution in [2.24, 2.45) is 17.8 Å². The minimum atomic E-state index is -0.736. The van der Waals surface area contributed by atoms with E-state index in [0.29, 0.717) is 41.9 Å². The fraction of sp³-hybridized carbons (Fsp3) is 0.360. The van der Waals surface area contributed by atoms with Crippen LogP contribution < -0.4 is 10.6 Å². The Bertz CT molecular complexity index is 1360. The highest BCUT2D eigenvalue weighted by atomic mass is 19.1. The third kappa shape index (κ3) is 4.07. The van der Waals surface area contributed by atoms with Crippen LogP contribution in [0.4, 0.5) is 20.5 Å². The summed E-state index contributed by atoms with van der Waals surface area (Å²) in [6.07, 6.45) is 8.14. The molecule has 4 aromatic rings. The highest BCUT2D eigenvalue weighted by Crippen LogP contribution is 2.50. The molecule has 0 radical (unpaired) electrons. The Morgan fingerprint density at radius 2 is 2.00 bits per heavy atom. The number of aromatic nitrogens is 5. The molecule has 0 saturated heterocycles. The first-order chi connectivity index (χ1) is 17.1.